The zero-order chi connectivity index (χ0) is 11.8. The maximum absolute atomic E-state index is 6.14. The number of fused-ring (bicyclic) bond motifs is 1. The first-order valence-electron chi connectivity index (χ1n) is 5.56. The molecule has 3 nitrogen and oxygen atoms in total. The van der Waals surface area contributed by atoms with E-state index in [9.17, 15) is 0 Å². The molecule has 0 aliphatic heterocycles. The fourth-order valence-corrected chi connectivity index (χ4v) is 1.98. The Morgan fingerprint density at radius 1 is 1.06 bits per heavy atom. The number of nitrogens with two attached hydrogens (primary N) is 1. The van der Waals surface area contributed by atoms with E-state index in [0.717, 1.165) is 16.6 Å². The Balaban J connectivity index is 2.28. The molecule has 0 fully saturated rings. The molecule has 2 aromatic carbocycles. The van der Waals surface area contributed by atoms with Gasteiger partial charge < -0.3 is 5.73 Å². The predicted molar refractivity (Wildman–Crippen MR) is 70.2 cm³/mol. The summed E-state index contributed by atoms with van der Waals surface area (Å²) >= 11 is 0. The molecule has 3 rings (SSSR count). The van der Waals surface area contributed by atoms with E-state index in [1.807, 2.05) is 42.5 Å². The number of benzene rings is 2. The second kappa shape index (κ2) is 3.63. The quantitative estimate of drug-likeness (QED) is 0.689. The SMILES string of the molecule is Cc1ccc2nn(-c3ccccc3)c(N)c2c1. The van der Waals surface area contributed by atoms with Crippen LogP contribution in [0.25, 0.3) is 16.6 Å². The Labute approximate surface area is 99.5 Å². The van der Waals surface area contributed by atoms with Crippen molar-refractivity contribution in [2.45, 2.75) is 6.92 Å². The molecule has 1 heterocycles. The second-order valence-electron chi connectivity index (χ2n) is 4.15. The lowest BCUT2D eigenvalue weighted by Gasteiger charge is -2.02. The Morgan fingerprint density at radius 3 is 2.59 bits per heavy atom. The highest BCUT2D eigenvalue weighted by Crippen LogP contribution is 2.24. The lowest BCUT2D eigenvalue weighted by molar-refractivity contribution is 0.908. The summed E-state index contributed by atoms with van der Waals surface area (Å²) in [4.78, 5) is 0. The van der Waals surface area contributed by atoms with Gasteiger partial charge in [-0.05, 0) is 31.2 Å². The van der Waals surface area contributed by atoms with Crippen LogP contribution < -0.4 is 5.73 Å². The van der Waals surface area contributed by atoms with Gasteiger partial charge in [0.25, 0.3) is 0 Å². The zero-order valence-electron chi connectivity index (χ0n) is 9.59. The van der Waals surface area contributed by atoms with E-state index in [0.29, 0.717) is 5.82 Å². The lowest BCUT2D eigenvalue weighted by Crippen LogP contribution is -2.00. The van der Waals surface area contributed by atoms with Gasteiger partial charge in [0.2, 0.25) is 0 Å². The van der Waals surface area contributed by atoms with Crippen molar-refractivity contribution >= 4 is 16.7 Å². The molecule has 0 spiro atoms. The Kier molecular flexibility index (Phi) is 2.11. The fraction of sp³-hybridized carbons (Fsp3) is 0.0714. The van der Waals surface area contributed by atoms with Crippen LogP contribution in [-0.4, -0.2) is 9.78 Å². The summed E-state index contributed by atoms with van der Waals surface area (Å²) in [5, 5.41) is 5.52. The number of anilines is 1. The average Bonchev–Trinajstić information content (AvgIpc) is 2.68. The number of hydrogen-bond donors (Lipinski definition) is 1. The molecule has 1 aromatic heterocycles. The minimum absolute atomic E-state index is 0.690. The van der Waals surface area contributed by atoms with E-state index in [4.69, 9.17) is 5.73 Å². The van der Waals surface area contributed by atoms with Crippen LogP contribution in [0.2, 0.25) is 0 Å². The summed E-state index contributed by atoms with van der Waals surface area (Å²) < 4.78 is 1.78. The van der Waals surface area contributed by atoms with Gasteiger partial charge in [-0.2, -0.15) is 5.10 Å². The van der Waals surface area contributed by atoms with Gasteiger partial charge >= 0.3 is 0 Å². The first-order chi connectivity index (χ1) is 8.25. The molecule has 0 unspecified atom stereocenters. The molecule has 0 radical (unpaired) electrons. The minimum Gasteiger partial charge on any atom is -0.383 e. The third-order valence-electron chi connectivity index (χ3n) is 2.86. The zero-order valence-corrected chi connectivity index (χ0v) is 9.59. The van der Waals surface area contributed by atoms with Crippen molar-refractivity contribution in [3.05, 3.63) is 54.1 Å². The van der Waals surface area contributed by atoms with Gasteiger partial charge in [-0.3, -0.25) is 0 Å². The number of aromatic nitrogens is 2. The third-order valence-corrected chi connectivity index (χ3v) is 2.86. The molecule has 0 atom stereocenters. The number of nitrogens with zero attached hydrogens (tertiary/aromatic N) is 2. The van der Waals surface area contributed by atoms with E-state index in [1.54, 1.807) is 4.68 Å². The third kappa shape index (κ3) is 1.56. The van der Waals surface area contributed by atoms with Gasteiger partial charge in [-0.25, -0.2) is 4.68 Å². The molecule has 0 saturated heterocycles. The molecule has 3 heteroatoms. The van der Waals surface area contributed by atoms with E-state index < -0.39 is 0 Å². The second-order valence-corrected chi connectivity index (χ2v) is 4.15. The van der Waals surface area contributed by atoms with Crippen LogP contribution in [0.15, 0.2) is 48.5 Å². The number of rotatable bonds is 1. The topological polar surface area (TPSA) is 43.8 Å². The molecule has 0 amide bonds. The van der Waals surface area contributed by atoms with Crippen molar-refractivity contribution in [2.24, 2.45) is 0 Å². The standard InChI is InChI=1S/C14H13N3/c1-10-7-8-13-12(9-10)14(15)17(16-13)11-5-3-2-4-6-11/h2-9H,15H2,1H3. The lowest BCUT2D eigenvalue weighted by atomic mass is 10.2. The van der Waals surface area contributed by atoms with Crippen molar-refractivity contribution in [1.82, 2.24) is 9.78 Å². The van der Waals surface area contributed by atoms with E-state index in [2.05, 4.69) is 18.1 Å². The van der Waals surface area contributed by atoms with Crippen LogP contribution in [0.3, 0.4) is 0 Å². The summed E-state index contributed by atoms with van der Waals surface area (Å²) in [6.07, 6.45) is 0. The predicted octanol–water partition coefficient (Wildman–Crippen LogP) is 2.92. The van der Waals surface area contributed by atoms with E-state index >= 15 is 0 Å². The summed E-state index contributed by atoms with van der Waals surface area (Å²) in [6, 6.07) is 16.0. The first kappa shape index (κ1) is 9.90. The smallest absolute Gasteiger partial charge is 0.135 e. The highest BCUT2D eigenvalue weighted by molar-refractivity contribution is 5.90. The summed E-state index contributed by atoms with van der Waals surface area (Å²) in [7, 11) is 0. The average molecular weight is 223 g/mol. The number of hydrogen-bond acceptors (Lipinski definition) is 2. The van der Waals surface area contributed by atoms with Crippen molar-refractivity contribution in [3.63, 3.8) is 0 Å². The normalized spacial score (nSPS) is 10.9. The molecule has 84 valence electrons. The molecule has 2 N–H and O–H groups in total. The summed E-state index contributed by atoms with van der Waals surface area (Å²) in [6.45, 7) is 2.05. The van der Waals surface area contributed by atoms with Crippen molar-refractivity contribution < 1.29 is 0 Å². The molecule has 0 aliphatic rings. The largest absolute Gasteiger partial charge is 0.383 e. The fourth-order valence-electron chi connectivity index (χ4n) is 1.98. The van der Waals surface area contributed by atoms with Crippen molar-refractivity contribution in [2.75, 3.05) is 5.73 Å². The van der Waals surface area contributed by atoms with Gasteiger partial charge in [-0.15, -0.1) is 0 Å². The van der Waals surface area contributed by atoms with Crippen LogP contribution in [-0.2, 0) is 0 Å². The maximum atomic E-state index is 6.14. The van der Waals surface area contributed by atoms with Crippen LogP contribution in [0.1, 0.15) is 5.56 Å². The van der Waals surface area contributed by atoms with Crippen molar-refractivity contribution in [3.8, 4) is 5.69 Å². The Bertz CT molecular complexity index is 669. The summed E-state index contributed by atoms with van der Waals surface area (Å²) in [5.41, 5.74) is 9.24. The highest BCUT2D eigenvalue weighted by Gasteiger charge is 2.09. The van der Waals surface area contributed by atoms with Gasteiger partial charge in [0.05, 0.1) is 11.2 Å². The number of para-hydroxylation sites is 1. The maximum Gasteiger partial charge on any atom is 0.135 e. The van der Waals surface area contributed by atoms with Gasteiger partial charge in [0.15, 0.2) is 0 Å². The Morgan fingerprint density at radius 2 is 1.82 bits per heavy atom. The molecule has 0 saturated carbocycles. The van der Waals surface area contributed by atoms with Crippen LogP contribution in [0, 0.1) is 6.92 Å². The summed E-state index contributed by atoms with van der Waals surface area (Å²) in [5.74, 6) is 0.690. The first-order valence-corrected chi connectivity index (χ1v) is 5.56. The van der Waals surface area contributed by atoms with Crippen LogP contribution in [0.5, 0.6) is 0 Å². The monoisotopic (exact) mass is 223 g/mol. The van der Waals surface area contributed by atoms with Crippen LogP contribution in [0.4, 0.5) is 5.82 Å². The highest BCUT2D eigenvalue weighted by atomic mass is 15.3. The van der Waals surface area contributed by atoms with E-state index in [-0.39, 0.29) is 0 Å². The molecule has 0 aliphatic carbocycles. The van der Waals surface area contributed by atoms with E-state index in [1.165, 1.54) is 5.56 Å². The van der Waals surface area contributed by atoms with Crippen molar-refractivity contribution in [1.29, 1.82) is 0 Å². The molecule has 0 bridgehead atoms. The number of nitrogen functional groups attached to an aromatic ring is 1. The molecular weight excluding hydrogens is 210 g/mol. The molecule has 17 heavy (non-hydrogen) atoms. The molecular formula is C14H13N3. The van der Waals surface area contributed by atoms with Gasteiger partial charge in [-0.1, -0.05) is 29.8 Å². The van der Waals surface area contributed by atoms with Gasteiger partial charge in [0.1, 0.15) is 5.82 Å². The number of aryl methyl sites for hydroxylation is 1. The Hall–Kier alpha value is -2.29. The minimum atomic E-state index is 0.690. The molecule has 3 aromatic rings. The van der Waals surface area contributed by atoms with Crippen LogP contribution >= 0.6 is 0 Å². The van der Waals surface area contributed by atoms with Gasteiger partial charge in [0, 0.05) is 5.39 Å².